The van der Waals surface area contributed by atoms with Crippen molar-refractivity contribution in [2.24, 2.45) is 20.5 Å². The average Bonchev–Trinajstić information content (AvgIpc) is 3.11. The van der Waals surface area contributed by atoms with Crippen molar-refractivity contribution >= 4 is 53.1 Å². The number of nitrogens with one attached hydrogen (secondary N) is 1. The van der Waals surface area contributed by atoms with Gasteiger partial charge in [0.25, 0.3) is 0 Å². The van der Waals surface area contributed by atoms with Crippen molar-refractivity contribution in [3.8, 4) is 11.5 Å². The minimum Gasteiger partial charge on any atom is -0.490 e. The van der Waals surface area contributed by atoms with E-state index in [1.165, 1.54) is 0 Å². The molecule has 0 aliphatic heterocycles. The number of hydrogen-bond acceptors (Lipinski definition) is 11. The first kappa shape index (κ1) is 32.7. The molecule has 1 N–H and O–H groups in total. The van der Waals surface area contributed by atoms with Crippen LogP contribution in [-0.4, -0.2) is 44.6 Å². The predicted molar refractivity (Wildman–Crippen MR) is 175 cm³/mol. The molecule has 46 heavy (non-hydrogen) atoms. The average molecular weight is 618 g/mol. The molecule has 4 aromatic carbocycles. The summed E-state index contributed by atoms with van der Waals surface area (Å²) in [4.78, 5) is 21.9. The molecule has 0 radical (unpaired) electrons. The number of carbonyl (C=O) groups is 2. The summed E-state index contributed by atoms with van der Waals surface area (Å²) in [7, 11) is 0. The second-order valence-corrected chi connectivity index (χ2v) is 9.28. The topological polar surface area (TPSA) is 144 Å². The molecule has 0 saturated carbocycles. The molecule has 11 heteroatoms. The van der Waals surface area contributed by atoms with Crippen molar-refractivity contribution in [2.45, 2.75) is 0 Å². The molecule has 4 rings (SSSR count). The van der Waals surface area contributed by atoms with E-state index in [0.717, 1.165) is 22.9 Å². The van der Waals surface area contributed by atoms with Gasteiger partial charge in [0.1, 0.15) is 44.1 Å². The van der Waals surface area contributed by atoms with E-state index >= 15 is 0 Å². The van der Waals surface area contributed by atoms with Crippen LogP contribution in [0.25, 0.3) is 12.2 Å². The van der Waals surface area contributed by atoms with Gasteiger partial charge in [-0.05, 0) is 83.9 Å². The maximum atomic E-state index is 11.0. The third kappa shape index (κ3) is 11.5. The number of ether oxygens (including phenoxy) is 4. The minimum atomic E-state index is -0.702. The lowest BCUT2D eigenvalue weighted by Gasteiger charge is -2.06. The monoisotopic (exact) mass is 617 g/mol. The van der Waals surface area contributed by atoms with Gasteiger partial charge >= 0.3 is 11.9 Å². The van der Waals surface area contributed by atoms with Gasteiger partial charge in [-0.25, -0.2) is 9.59 Å². The van der Waals surface area contributed by atoms with Crippen LogP contribution in [0.4, 0.5) is 22.7 Å². The maximum absolute atomic E-state index is 11.0. The molecule has 0 bridgehead atoms. The van der Waals surface area contributed by atoms with Gasteiger partial charge in [0, 0.05) is 6.08 Å². The fraction of sp³-hybridized carbons (Fsp3) is 0.114. The molecule has 0 aliphatic carbocycles. The van der Waals surface area contributed by atoms with Crippen LogP contribution in [0.3, 0.4) is 0 Å². The normalized spacial score (nSPS) is 11.0. The fourth-order valence-electron chi connectivity index (χ4n) is 3.65. The van der Waals surface area contributed by atoms with Crippen molar-refractivity contribution in [3.05, 3.63) is 121 Å². The highest BCUT2D eigenvalue weighted by molar-refractivity contribution is 6.21. The number of nitrogens with zero attached hydrogens (tertiary/aromatic N) is 4. The predicted octanol–water partition coefficient (Wildman–Crippen LogP) is 8.37. The Hall–Kier alpha value is -6.23. The lowest BCUT2D eigenvalue weighted by molar-refractivity contribution is -0.138. The second-order valence-electron chi connectivity index (χ2n) is 9.28. The lowest BCUT2D eigenvalue weighted by atomic mass is 10.1. The summed E-state index contributed by atoms with van der Waals surface area (Å²) in [5, 5.41) is 23.9. The Morgan fingerprint density at radius 3 is 1.24 bits per heavy atom. The van der Waals surface area contributed by atoms with Crippen molar-refractivity contribution in [3.63, 3.8) is 0 Å². The first-order valence-corrected chi connectivity index (χ1v) is 14.1. The first-order chi connectivity index (χ1) is 22.5. The van der Waals surface area contributed by atoms with Crippen LogP contribution < -0.4 is 9.47 Å². The highest BCUT2D eigenvalue weighted by Gasteiger charge is 2.00. The Balaban J connectivity index is 1.21. The van der Waals surface area contributed by atoms with Crippen molar-refractivity contribution in [1.82, 2.24) is 0 Å². The van der Waals surface area contributed by atoms with Crippen LogP contribution in [-0.2, 0) is 19.1 Å². The van der Waals surface area contributed by atoms with Gasteiger partial charge in [-0.1, -0.05) is 43.0 Å². The zero-order valence-electron chi connectivity index (χ0n) is 24.8. The summed E-state index contributed by atoms with van der Waals surface area (Å²) < 4.78 is 20.6. The van der Waals surface area contributed by atoms with Crippen LogP contribution in [0.15, 0.2) is 130 Å². The van der Waals surface area contributed by atoms with E-state index < -0.39 is 11.9 Å². The summed E-state index contributed by atoms with van der Waals surface area (Å²) in [6.45, 7) is 3.98. The van der Waals surface area contributed by atoms with E-state index in [4.69, 9.17) is 24.4 Å². The molecule has 0 atom stereocenters. The van der Waals surface area contributed by atoms with Gasteiger partial charge in [-0.3, -0.25) is 0 Å². The smallest absolute Gasteiger partial charge is 0.348 e. The number of esters is 2. The van der Waals surface area contributed by atoms with Gasteiger partial charge in [0.05, 0.1) is 22.7 Å². The largest absolute Gasteiger partial charge is 0.490 e. The van der Waals surface area contributed by atoms with Crippen LogP contribution in [0, 0.1) is 5.41 Å². The molecule has 0 aliphatic rings. The van der Waals surface area contributed by atoms with E-state index in [9.17, 15) is 9.59 Å². The molecule has 0 fully saturated rings. The molecule has 0 saturated heterocycles. The molecule has 232 valence electrons. The van der Waals surface area contributed by atoms with E-state index in [1.807, 2.05) is 60.7 Å². The molecular formula is C35H31N5O6. The van der Waals surface area contributed by atoms with Crippen LogP contribution in [0.2, 0.25) is 0 Å². The van der Waals surface area contributed by atoms with Crippen molar-refractivity contribution in [2.75, 3.05) is 26.4 Å². The van der Waals surface area contributed by atoms with E-state index in [1.54, 1.807) is 48.5 Å². The van der Waals surface area contributed by atoms with Gasteiger partial charge in [0.15, 0.2) is 0 Å². The molecule has 0 amide bonds. The Morgan fingerprint density at radius 2 is 0.891 bits per heavy atom. The first-order valence-electron chi connectivity index (χ1n) is 14.1. The molecule has 0 aromatic heterocycles. The Labute approximate surface area is 266 Å². The minimum absolute atomic E-state index is 0.0658. The van der Waals surface area contributed by atoms with Gasteiger partial charge in [0.2, 0.25) is 0 Å². The number of carbonyl (C=O) groups excluding carboxylic acids is 2. The van der Waals surface area contributed by atoms with Gasteiger partial charge < -0.3 is 24.4 Å². The van der Waals surface area contributed by atoms with Gasteiger partial charge in [-0.15, -0.1) is 0 Å². The second kappa shape index (κ2) is 17.8. The van der Waals surface area contributed by atoms with Crippen LogP contribution >= 0.6 is 0 Å². The number of hydrogen-bond donors (Lipinski definition) is 1. The van der Waals surface area contributed by atoms with Crippen molar-refractivity contribution in [1.29, 1.82) is 5.41 Å². The Kier molecular flexibility index (Phi) is 12.6. The molecule has 11 nitrogen and oxygen atoms in total. The van der Waals surface area contributed by atoms with E-state index in [-0.39, 0.29) is 26.4 Å². The Morgan fingerprint density at radius 1 is 0.543 bits per heavy atom. The quantitative estimate of drug-likeness (QED) is 0.0334. The van der Waals surface area contributed by atoms with Crippen molar-refractivity contribution < 1.29 is 28.5 Å². The standard InChI is InChI=1S/C35H31N5O6/c1-2-34(41)45-23-21-43-32-17-13-30(14-18-32)39-37-28-9-5-26(6-10-28)3-4-27-7-11-29(12-8-27)38-40-31-15-19-33(20-16-31)44-22-24-46-35(42)25-36/h2-20,25,36H,1,21-24H2/b4-3+,36-25?,39-37?,40-38?. The molecule has 4 aromatic rings. The SMILES string of the molecule is C=CC(=O)OCCOc1ccc(N=Nc2ccc(/C=C/c3ccc(N=Nc4ccc(OCCOC(=O)C=N)cc4)cc3)cc2)cc1. The van der Waals surface area contributed by atoms with Crippen LogP contribution in [0.1, 0.15) is 11.1 Å². The number of benzene rings is 4. The molecule has 0 heterocycles. The Bertz CT molecular complexity index is 1550. The number of azo groups is 2. The highest BCUT2D eigenvalue weighted by Crippen LogP contribution is 2.24. The molecule has 0 spiro atoms. The van der Waals surface area contributed by atoms with E-state index in [0.29, 0.717) is 34.8 Å². The highest BCUT2D eigenvalue weighted by atomic mass is 16.6. The van der Waals surface area contributed by atoms with E-state index in [2.05, 4.69) is 27.0 Å². The van der Waals surface area contributed by atoms with Crippen LogP contribution in [0.5, 0.6) is 11.5 Å². The third-order valence-electron chi connectivity index (χ3n) is 5.97. The lowest BCUT2D eigenvalue weighted by Crippen LogP contribution is -2.12. The summed E-state index contributed by atoms with van der Waals surface area (Å²) in [5.74, 6) is 0.0620. The number of rotatable bonds is 16. The molecule has 0 unspecified atom stereocenters. The summed E-state index contributed by atoms with van der Waals surface area (Å²) in [6, 6.07) is 29.6. The summed E-state index contributed by atoms with van der Waals surface area (Å²) in [6.07, 6.45) is 5.74. The third-order valence-corrected chi connectivity index (χ3v) is 5.97. The molecular weight excluding hydrogens is 586 g/mol. The maximum Gasteiger partial charge on any atom is 0.348 e. The van der Waals surface area contributed by atoms with Gasteiger partial charge in [-0.2, -0.15) is 20.5 Å². The summed E-state index contributed by atoms with van der Waals surface area (Å²) in [5.41, 5.74) is 4.82. The zero-order chi connectivity index (χ0) is 32.4. The summed E-state index contributed by atoms with van der Waals surface area (Å²) >= 11 is 0. The fourth-order valence-corrected chi connectivity index (χ4v) is 3.65. The zero-order valence-corrected chi connectivity index (χ0v) is 24.8.